The molecule has 98 valence electrons. The second kappa shape index (κ2) is 5.35. The van der Waals surface area contributed by atoms with Crippen molar-refractivity contribution in [2.24, 2.45) is 0 Å². The van der Waals surface area contributed by atoms with E-state index in [0.717, 1.165) is 9.04 Å². The normalized spacial score (nSPS) is 12.0. The summed E-state index contributed by atoms with van der Waals surface area (Å²) in [5.74, 6) is 0.586. The lowest BCUT2D eigenvalue weighted by molar-refractivity contribution is 0.147. The molecule has 0 atom stereocenters. The predicted molar refractivity (Wildman–Crippen MR) is 73.2 cm³/mol. The van der Waals surface area contributed by atoms with Gasteiger partial charge in [0.25, 0.3) is 0 Å². The second-order valence-corrected chi connectivity index (χ2v) is 6.11. The van der Waals surface area contributed by atoms with Crippen molar-refractivity contribution >= 4 is 39.3 Å². The Kier molecular flexibility index (Phi) is 4.00. The first-order valence-corrected chi connectivity index (χ1v) is 7.31. The van der Waals surface area contributed by atoms with Gasteiger partial charge in [0.1, 0.15) is 16.8 Å². The summed E-state index contributed by atoms with van der Waals surface area (Å²) in [6, 6.07) is 0. The third-order valence-electron chi connectivity index (χ3n) is 2.46. The summed E-state index contributed by atoms with van der Waals surface area (Å²) >= 11 is 3.03. The third kappa shape index (κ3) is 2.56. The minimum atomic E-state index is -0.815. The Labute approximate surface area is 112 Å². The average Bonchev–Trinajstić information content (AvgIpc) is 2.83. The number of aromatic nitrogens is 3. The molecule has 18 heavy (non-hydrogen) atoms. The molecule has 2 aromatic heterocycles. The topological polar surface area (TPSA) is 91.2 Å². The zero-order chi connectivity index (χ0) is 13.2. The molecule has 0 aliphatic rings. The fourth-order valence-corrected chi connectivity index (χ4v) is 2.78. The molecule has 2 heterocycles. The average molecular weight is 286 g/mol. The number of anilines is 1. The minimum absolute atomic E-state index is 0.191. The van der Waals surface area contributed by atoms with Crippen molar-refractivity contribution in [1.82, 2.24) is 15.0 Å². The van der Waals surface area contributed by atoms with Gasteiger partial charge in [-0.05, 0) is 13.2 Å². The van der Waals surface area contributed by atoms with Crippen molar-refractivity contribution in [3.05, 3.63) is 6.33 Å². The van der Waals surface area contributed by atoms with E-state index in [9.17, 15) is 10.2 Å². The van der Waals surface area contributed by atoms with Crippen LogP contribution in [0.1, 0.15) is 6.92 Å². The first-order valence-electron chi connectivity index (χ1n) is 5.27. The molecule has 6 nitrogen and oxygen atoms in total. The number of thiazole rings is 1. The summed E-state index contributed by atoms with van der Waals surface area (Å²) in [6.07, 6.45) is 3.37. The predicted octanol–water partition coefficient (Wildman–Crippen LogP) is 0.963. The first kappa shape index (κ1) is 13.5. The van der Waals surface area contributed by atoms with Gasteiger partial charge < -0.3 is 15.5 Å². The highest BCUT2D eigenvalue weighted by molar-refractivity contribution is 8.00. The Balaban J connectivity index is 2.41. The molecule has 0 amide bonds. The summed E-state index contributed by atoms with van der Waals surface area (Å²) in [5.41, 5.74) is -0.190. The lowest BCUT2D eigenvalue weighted by Gasteiger charge is -2.26. The molecule has 0 spiro atoms. The Bertz CT molecular complexity index is 542. The van der Waals surface area contributed by atoms with E-state index in [1.54, 1.807) is 18.7 Å². The zero-order valence-corrected chi connectivity index (χ0v) is 11.7. The second-order valence-electron chi connectivity index (χ2n) is 4.06. The number of rotatable bonds is 5. The highest BCUT2D eigenvalue weighted by Gasteiger charge is 2.24. The summed E-state index contributed by atoms with van der Waals surface area (Å²) in [6.45, 7) is 1.34. The summed E-state index contributed by atoms with van der Waals surface area (Å²) in [7, 11) is 0. The molecule has 2 aromatic rings. The molecule has 0 unspecified atom stereocenters. The number of hydrogen-bond donors (Lipinski definition) is 3. The number of nitrogens with one attached hydrogen (secondary N) is 1. The molecule has 0 fully saturated rings. The van der Waals surface area contributed by atoms with Gasteiger partial charge >= 0.3 is 0 Å². The fourth-order valence-electron chi connectivity index (χ4n) is 1.33. The van der Waals surface area contributed by atoms with Gasteiger partial charge in [0.2, 0.25) is 0 Å². The van der Waals surface area contributed by atoms with Gasteiger partial charge in [-0.2, -0.15) is 0 Å². The van der Waals surface area contributed by atoms with Gasteiger partial charge in [-0.1, -0.05) is 11.8 Å². The Morgan fingerprint density at radius 2 is 2.11 bits per heavy atom. The van der Waals surface area contributed by atoms with E-state index in [-0.39, 0.29) is 13.2 Å². The lowest BCUT2D eigenvalue weighted by atomic mass is 10.1. The lowest BCUT2D eigenvalue weighted by Crippen LogP contribution is -2.42. The molecule has 0 saturated heterocycles. The standard InChI is InChI=1S/C10H14N4O2S2/c1-10(3-15,4-16)14-8-6-7(11-5-12-8)13-9(17-2)18-6/h5,15-16H,3-4H2,1-2H3,(H,11,12,14). The third-order valence-corrected chi connectivity index (χ3v) is 4.50. The molecule has 0 aliphatic heterocycles. The van der Waals surface area contributed by atoms with Crippen LogP contribution < -0.4 is 5.32 Å². The largest absolute Gasteiger partial charge is 0.394 e. The molecule has 0 aromatic carbocycles. The van der Waals surface area contributed by atoms with Gasteiger partial charge in [-0.3, -0.25) is 0 Å². The highest BCUT2D eigenvalue weighted by atomic mass is 32.2. The van der Waals surface area contributed by atoms with Crippen LogP contribution in [0.2, 0.25) is 0 Å². The van der Waals surface area contributed by atoms with Crippen LogP contribution in [0.25, 0.3) is 10.3 Å². The van der Waals surface area contributed by atoms with E-state index < -0.39 is 5.54 Å². The van der Waals surface area contributed by atoms with E-state index >= 15 is 0 Å². The van der Waals surface area contributed by atoms with Crippen LogP contribution in [-0.4, -0.2) is 50.2 Å². The van der Waals surface area contributed by atoms with Crippen molar-refractivity contribution in [2.45, 2.75) is 16.8 Å². The van der Waals surface area contributed by atoms with E-state index in [2.05, 4.69) is 20.3 Å². The van der Waals surface area contributed by atoms with Crippen molar-refractivity contribution in [1.29, 1.82) is 0 Å². The van der Waals surface area contributed by atoms with Gasteiger partial charge in [0.15, 0.2) is 9.99 Å². The SMILES string of the molecule is CSc1nc2ncnc(NC(C)(CO)CO)c2s1. The van der Waals surface area contributed by atoms with Crippen LogP contribution in [0.5, 0.6) is 0 Å². The molecule has 8 heteroatoms. The molecular formula is C10H14N4O2S2. The van der Waals surface area contributed by atoms with Crippen LogP contribution in [-0.2, 0) is 0 Å². The summed E-state index contributed by atoms with van der Waals surface area (Å²) in [5, 5.41) is 21.6. The van der Waals surface area contributed by atoms with E-state index in [0.29, 0.717) is 11.5 Å². The van der Waals surface area contributed by atoms with Crippen LogP contribution in [0.3, 0.4) is 0 Å². The molecule has 0 aliphatic carbocycles. The maximum atomic E-state index is 9.29. The Morgan fingerprint density at radius 1 is 1.39 bits per heavy atom. The van der Waals surface area contributed by atoms with Gasteiger partial charge in [-0.15, -0.1) is 11.3 Å². The molecule has 0 bridgehead atoms. The monoisotopic (exact) mass is 286 g/mol. The van der Waals surface area contributed by atoms with Crippen LogP contribution in [0.15, 0.2) is 10.7 Å². The van der Waals surface area contributed by atoms with Gasteiger partial charge in [0, 0.05) is 0 Å². The van der Waals surface area contributed by atoms with E-state index in [1.807, 2.05) is 6.26 Å². The van der Waals surface area contributed by atoms with Crippen LogP contribution in [0.4, 0.5) is 5.82 Å². The number of thioether (sulfide) groups is 1. The van der Waals surface area contributed by atoms with Gasteiger partial charge in [-0.25, -0.2) is 15.0 Å². The molecule has 3 N–H and O–H groups in total. The van der Waals surface area contributed by atoms with Crippen molar-refractivity contribution in [3.8, 4) is 0 Å². The molecule has 0 radical (unpaired) electrons. The van der Waals surface area contributed by atoms with Crippen molar-refractivity contribution in [3.63, 3.8) is 0 Å². The Morgan fingerprint density at radius 3 is 2.72 bits per heavy atom. The van der Waals surface area contributed by atoms with Crippen molar-refractivity contribution in [2.75, 3.05) is 24.8 Å². The smallest absolute Gasteiger partial charge is 0.176 e. The van der Waals surface area contributed by atoms with Crippen LogP contribution >= 0.6 is 23.1 Å². The molecular weight excluding hydrogens is 272 g/mol. The number of aliphatic hydroxyl groups excluding tert-OH is 2. The number of aliphatic hydroxyl groups is 2. The number of fused-ring (bicyclic) bond motifs is 1. The van der Waals surface area contributed by atoms with E-state index in [4.69, 9.17) is 0 Å². The summed E-state index contributed by atoms with van der Waals surface area (Å²) in [4.78, 5) is 12.6. The number of nitrogens with zero attached hydrogens (tertiary/aromatic N) is 3. The highest BCUT2D eigenvalue weighted by Crippen LogP contribution is 2.31. The van der Waals surface area contributed by atoms with Gasteiger partial charge in [0.05, 0.1) is 18.8 Å². The minimum Gasteiger partial charge on any atom is -0.394 e. The fraction of sp³-hybridized carbons (Fsp3) is 0.500. The molecule has 2 rings (SSSR count). The molecule has 0 saturated carbocycles. The van der Waals surface area contributed by atoms with Crippen LogP contribution in [0, 0.1) is 0 Å². The number of hydrogen-bond acceptors (Lipinski definition) is 8. The quantitative estimate of drug-likeness (QED) is 0.705. The Hall–Kier alpha value is -0.960. The zero-order valence-electron chi connectivity index (χ0n) is 10.0. The maximum Gasteiger partial charge on any atom is 0.176 e. The first-order chi connectivity index (χ1) is 8.61. The maximum absolute atomic E-state index is 9.29. The summed E-state index contributed by atoms with van der Waals surface area (Å²) < 4.78 is 1.73. The van der Waals surface area contributed by atoms with Crippen molar-refractivity contribution < 1.29 is 10.2 Å². The van der Waals surface area contributed by atoms with E-state index in [1.165, 1.54) is 17.7 Å².